The Balaban J connectivity index is 3.55. The van der Waals surface area contributed by atoms with Crippen LogP contribution in [0, 0.1) is 0 Å². The SMILES string of the molecule is C=C/C=C\C=C(/C)C(CC(C)N(C)C)(C(=C)CC)c1ccccc1. The summed E-state index contributed by atoms with van der Waals surface area (Å²) in [6.45, 7) is 15.0. The third kappa shape index (κ3) is 4.58. The van der Waals surface area contributed by atoms with Crippen LogP contribution in [-0.4, -0.2) is 25.0 Å². The first kappa shape index (κ1) is 20.2. The highest BCUT2D eigenvalue weighted by Crippen LogP contribution is 2.44. The molecular formula is C23H33N. The van der Waals surface area contributed by atoms with Crippen molar-refractivity contribution in [1.82, 2.24) is 4.90 Å². The molecule has 0 saturated carbocycles. The maximum absolute atomic E-state index is 4.48. The normalized spacial score (nSPS) is 16.2. The Morgan fingerprint density at radius 3 is 2.33 bits per heavy atom. The second kappa shape index (κ2) is 9.44. The minimum atomic E-state index is -0.148. The molecule has 0 heterocycles. The number of nitrogens with zero attached hydrogens (tertiary/aromatic N) is 1. The van der Waals surface area contributed by atoms with Gasteiger partial charge in [0.25, 0.3) is 0 Å². The van der Waals surface area contributed by atoms with Crippen LogP contribution in [0.2, 0.25) is 0 Å². The summed E-state index contributed by atoms with van der Waals surface area (Å²) in [6, 6.07) is 11.2. The first-order chi connectivity index (χ1) is 11.4. The maximum Gasteiger partial charge on any atom is 0.0383 e. The van der Waals surface area contributed by atoms with Crippen LogP contribution in [0.3, 0.4) is 0 Å². The van der Waals surface area contributed by atoms with Crippen molar-refractivity contribution in [1.29, 1.82) is 0 Å². The largest absolute Gasteiger partial charge is 0.307 e. The van der Waals surface area contributed by atoms with Gasteiger partial charge in [0.15, 0.2) is 0 Å². The van der Waals surface area contributed by atoms with Gasteiger partial charge in [0, 0.05) is 11.5 Å². The molecule has 130 valence electrons. The molecule has 0 aliphatic heterocycles. The number of rotatable bonds is 9. The third-order valence-electron chi connectivity index (χ3n) is 5.05. The van der Waals surface area contributed by atoms with Gasteiger partial charge in [-0.05, 0) is 46.3 Å². The lowest BCUT2D eigenvalue weighted by Gasteiger charge is -2.41. The van der Waals surface area contributed by atoms with E-state index in [0.29, 0.717) is 6.04 Å². The van der Waals surface area contributed by atoms with Crippen LogP contribution in [0.1, 0.15) is 39.2 Å². The number of benzene rings is 1. The molecule has 0 fully saturated rings. The standard InChI is InChI=1S/C23H33N/c1-8-10-12-15-20(4)23(19(3)9-2,18-21(5)24(6)7)22-16-13-11-14-17-22/h8,10-17,21H,1,3,9,18H2,2,4-7H3/b12-10-,20-15+. The van der Waals surface area contributed by atoms with Gasteiger partial charge in [-0.1, -0.05) is 85.9 Å². The molecule has 2 unspecified atom stereocenters. The van der Waals surface area contributed by atoms with Gasteiger partial charge in [-0.25, -0.2) is 0 Å². The molecule has 1 aromatic rings. The van der Waals surface area contributed by atoms with Crippen molar-refractivity contribution in [3.8, 4) is 0 Å². The summed E-state index contributed by atoms with van der Waals surface area (Å²) in [4.78, 5) is 2.29. The maximum atomic E-state index is 4.48. The molecule has 2 atom stereocenters. The van der Waals surface area contributed by atoms with Crippen LogP contribution in [-0.2, 0) is 5.41 Å². The Hall–Kier alpha value is -1.86. The van der Waals surface area contributed by atoms with Gasteiger partial charge >= 0.3 is 0 Å². The van der Waals surface area contributed by atoms with E-state index in [0.717, 1.165) is 12.8 Å². The van der Waals surface area contributed by atoms with Gasteiger partial charge in [-0.3, -0.25) is 0 Å². The Labute approximate surface area is 149 Å². The number of hydrogen-bond acceptors (Lipinski definition) is 1. The molecule has 1 rings (SSSR count). The zero-order valence-corrected chi connectivity index (χ0v) is 16.0. The molecular weight excluding hydrogens is 290 g/mol. The van der Waals surface area contributed by atoms with Crippen molar-refractivity contribution in [3.05, 3.63) is 84.5 Å². The zero-order chi connectivity index (χ0) is 18.2. The molecule has 0 aliphatic carbocycles. The Morgan fingerprint density at radius 1 is 1.21 bits per heavy atom. The molecule has 0 amide bonds. The van der Waals surface area contributed by atoms with E-state index in [4.69, 9.17) is 0 Å². The van der Waals surface area contributed by atoms with Gasteiger partial charge in [0.2, 0.25) is 0 Å². The summed E-state index contributed by atoms with van der Waals surface area (Å²) >= 11 is 0. The molecule has 0 aliphatic rings. The summed E-state index contributed by atoms with van der Waals surface area (Å²) < 4.78 is 0. The van der Waals surface area contributed by atoms with Crippen molar-refractivity contribution in [2.45, 2.75) is 45.1 Å². The molecule has 0 bridgehead atoms. The minimum Gasteiger partial charge on any atom is -0.307 e. The number of allylic oxidation sites excluding steroid dienone is 6. The fraction of sp³-hybridized carbons (Fsp3) is 0.391. The first-order valence-electron chi connectivity index (χ1n) is 8.76. The third-order valence-corrected chi connectivity index (χ3v) is 5.05. The lowest BCUT2D eigenvalue weighted by Crippen LogP contribution is -2.38. The van der Waals surface area contributed by atoms with Crippen LogP contribution in [0.4, 0.5) is 0 Å². The van der Waals surface area contributed by atoms with Gasteiger partial charge in [-0.15, -0.1) is 0 Å². The van der Waals surface area contributed by atoms with Crippen molar-refractivity contribution in [3.63, 3.8) is 0 Å². The second-order valence-corrected chi connectivity index (χ2v) is 6.72. The van der Waals surface area contributed by atoms with Crippen molar-refractivity contribution in [2.75, 3.05) is 14.1 Å². The predicted octanol–water partition coefficient (Wildman–Crippen LogP) is 5.92. The van der Waals surface area contributed by atoms with Gasteiger partial charge in [0.05, 0.1) is 0 Å². The molecule has 1 aromatic carbocycles. The zero-order valence-electron chi connectivity index (χ0n) is 16.0. The van der Waals surface area contributed by atoms with Crippen molar-refractivity contribution in [2.24, 2.45) is 0 Å². The van der Waals surface area contributed by atoms with E-state index in [2.05, 4.69) is 95.4 Å². The Kier molecular flexibility index (Phi) is 7.94. The second-order valence-electron chi connectivity index (χ2n) is 6.72. The van der Waals surface area contributed by atoms with Gasteiger partial charge < -0.3 is 4.90 Å². The molecule has 0 radical (unpaired) electrons. The average Bonchev–Trinajstić information content (AvgIpc) is 2.59. The highest BCUT2D eigenvalue weighted by molar-refractivity contribution is 5.46. The van der Waals surface area contributed by atoms with E-state index < -0.39 is 0 Å². The molecule has 24 heavy (non-hydrogen) atoms. The van der Waals surface area contributed by atoms with E-state index >= 15 is 0 Å². The quantitative estimate of drug-likeness (QED) is 0.403. The van der Waals surface area contributed by atoms with E-state index in [1.165, 1.54) is 16.7 Å². The summed E-state index contributed by atoms with van der Waals surface area (Å²) in [6.07, 6.45) is 10.0. The average molecular weight is 324 g/mol. The van der Waals surface area contributed by atoms with Gasteiger partial charge in [-0.2, -0.15) is 0 Å². The van der Waals surface area contributed by atoms with E-state index in [9.17, 15) is 0 Å². The highest BCUT2D eigenvalue weighted by atomic mass is 15.1. The fourth-order valence-electron chi connectivity index (χ4n) is 3.20. The topological polar surface area (TPSA) is 3.24 Å². The molecule has 0 aromatic heterocycles. The van der Waals surface area contributed by atoms with Crippen molar-refractivity contribution < 1.29 is 0 Å². The Bertz CT molecular complexity index is 592. The van der Waals surface area contributed by atoms with E-state index in [1.54, 1.807) is 0 Å². The molecule has 1 heteroatoms. The first-order valence-corrected chi connectivity index (χ1v) is 8.76. The smallest absolute Gasteiger partial charge is 0.0383 e. The molecule has 1 nitrogen and oxygen atoms in total. The van der Waals surface area contributed by atoms with E-state index in [1.807, 2.05) is 12.2 Å². The van der Waals surface area contributed by atoms with Crippen LogP contribution in [0.15, 0.2) is 78.9 Å². The van der Waals surface area contributed by atoms with Crippen LogP contribution in [0.25, 0.3) is 0 Å². The molecule has 0 spiro atoms. The minimum absolute atomic E-state index is 0.148. The fourth-order valence-corrected chi connectivity index (χ4v) is 3.20. The Morgan fingerprint density at radius 2 is 1.83 bits per heavy atom. The summed E-state index contributed by atoms with van der Waals surface area (Å²) in [5, 5.41) is 0. The van der Waals surface area contributed by atoms with Gasteiger partial charge in [0.1, 0.15) is 0 Å². The number of hydrogen-bond donors (Lipinski definition) is 0. The van der Waals surface area contributed by atoms with Crippen molar-refractivity contribution >= 4 is 0 Å². The lowest BCUT2D eigenvalue weighted by molar-refractivity contribution is 0.266. The predicted molar refractivity (Wildman–Crippen MR) is 108 cm³/mol. The summed E-state index contributed by atoms with van der Waals surface area (Å²) in [7, 11) is 4.29. The van der Waals surface area contributed by atoms with E-state index in [-0.39, 0.29) is 5.41 Å². The summed E-state index contributed by atoms with van der Waals surface area (Å²) in [5.74, 6) is 0. The monoisotopic (exact) mass is 323 g/mol. The van der Waals surface area contributed by atoms with Crippen LogP contribution >= 0.6 is 0 Å². The van der Waals surface area contributed by atoms with Crippen LogP contribution < -0.4 is 0 Å². The lowest BCUT2D eigenvalue weighted by atomic mass is 9.65. The molecule has 0 N–H and O–H groups in total. The highest BCUT2D eigenvalue weighted by Gasteiger charge is 2.37. The van der Waals surface area contributed by atoms with Crippen LogP contribution in [0.5, 0.6) is 0 Å². The molecule has 0 saturated heterocycles. The summed E-state index contributed by atoms with van der Waals surface area (Å²) in [5.41, 5.74) is 3.77.